The molecule has 1 N–H and O–H groups in total. The Morgan fingerprint density at radius 3 is 2.46 bits per heavy atom. The van der Waals surface area contributed by atoms with Crippen LogP contribution >= 0.6 is 0 Å². The van der Waals surface area contributed by atoms with Crippen molar-refractivity contribution in [1.82, 2.24) is 0 Å². The average Bonchev–Trinajstić information content (AvgIpc) is 2.00. The molecule has 0 heterocycles. The van der Waals surface area contributed by atoms with Crippen LogP contribution in [-0.4, -0.2) is 23.7 Å². The van der Waals surface area contributed by atoms with E-state index >= 15 is 0 Å². The fraction of sp³-hybridized carbons (Fsp3) is 0.556. The van der Waals surface area contributed by atoms with Crippen LogP contribution in [0.25, 0.3) is 0 Å². The molecule has 0 rings (SSSR count). The second kappa shape index (κ2) is 6.22. The molecule has 0 bridgehead atoms. The van der Waals surface area contributed by atoms with Crippen LogP contribution in [-0.2, 0) is 14.3 Å². The van der Waals surface area contributed by atoms with Crippen LogP contribution in [0.1, 0.15) is 20.3 Å². The lowest BCUT2D eigenvalue weighted by molar-refractivity contribution is -0.139. The Bertz CT molecular complexity index is 206. The van der Waals surface area contributed by atoms with Gasteiger partial charge in [0.25, 0.3) is 0 Å². The van der Waals surface area contributed by atoms with Gasteiger partial charge in [0.2, 0.25) is 0 Å². The van der Waals surface area contributed by atoms with Crippen LogP contribution in [0.2, 0.25) is 0 Å². The third kappa shape index (κ3) is 8.59. The number of rotatable bonds is 5. The molecule has 0 amide bonds. The molecule has 0 atom stereocenters. The number of esters is 1. The summed E-state index contributed by atoms with van der Waals surface area (Å²) in [5, 5.41) is 8.18. The zero-order valence-electron chi connectivity index (χ0n) is 7.82. The topological polar surface area (TPSA) is 63.6 Å². The number of carbonyl (C=O) groups is 2. The number of aliphatic carboxylic acids is 1. The number of carboxylic acids is 1. The van der Waals surface area contributed by atoms with E-state index in [2.05, 4.69) is 0 Å². The predicted octanol–water partition coefficient (Wildman–Crippen LogP) is 1.22. The Hall–Kier alpha value is -1.32. The second-order valence-electron chi connectivity index (χ2n) is 3.02. The summed E-state index contributed by atoms with van der Waals surface area (Å²) in [5.41, 5.74) is 0. The second-order valence-corrected chi connectivity index (χ2v) is 3.02. The summed E-state index contributed by atoms with van der Waals surface area (Å²) in [7, 11) is 0. The van der Waals surface area contributed by atoms with Crippen molar-refractivity contribution in [1.29, 1.82) is 0 Å². The highest BCUT2D eigenvalue weighted by atomic mass is 16.5. The van der Waals surface area contributed by atoms with Crippen LogP contribution in [0.15, 0.2) is 12.2 Å². The third-order valence-electron chi connectivity index (χ3n) is 1.30. The largest absolute Gasteiger partial charge is 0.478 e. The van der Waals surface area contributed by atoms with Gasteiger partial charge in [-0.3, -0.25) is 0 Å². The summed E-state index contributed by atoms with van der Waals surface area (Å²) in [4.78, 5) is 20.7. The monoisotopic (exact) mass is 186 g/mol. The third-order valence-corrected chi connectivity index (χ3v) is 1.30. The zero-order chi connectivity index (χ0) is 10.3. The van der Waals surface area contributed by atoms with Crippen molar-refractivity contribution in [3.8, 4) is 0 Å². The van der Waals surface area contributed by atoms with Crippen LogP contribution in [0.3, 0.4) is 0 Å². The van der Waals surface area contributed by atoms with Crippen LogP contribution in [0, 0.1) is 5.92 Å². The lowest BCUT2D eigenvalue weighted by Gasteiger charge is -2.03. The van der Waals surface area contributed by atoms with E-state index in [1.165, 1.54) is 0 Å². The Morgan fingerprint density at radius 2 is 2.00 bits per heavy atom. The van der Waals surface area contributed by atoms with E-state index in [1.807, 2.05) is 13.8 Å². The van der Waals surface area contributed by atoms with E-state index in [1.54, 1.807) is 0 Å². The van der Waals surface area contributed by atoms with Crippen LogP contribution < -0.4 is 0 Å². The van der Waals surface area contributed by atoms with Crippen LogP contribution in [0.5, 0.6) is 0 Å². The maximum atomic E-state index is 10.8. The molecule has 0 spiro atoms. The van der Waals surface area contributed by atoms with Crippen molar-refractivity contribution in [3.63, 3.8) is 0 Å². The quantitative estimate of drug-likeness (QED) is 0.518. The van der Waals surface area contributed by atoms with Crippen molar-refractivity contribution >= 4 is 11.9 Å². The molecule has 4 nitrogen and oxygen atoms in total. The summed E-state index contributed by atoms with van der Waals surface area (Å²) in [6.45, 7) is 4.36. The van der Waals surface area contributed by atoms with Gasteiger partial charge in [-0.25, -0.2) is 9.59 Å². The molecule has 0 fully saturated rings. The van der Waals surface area contributed by atoms with E-state index in [9.17, 15) is 9.59 Å². The molecule has 0 aliphatic heterocycles. The summed E-state index contributed by atoms with van der Waals surface area (Å²) in [5.74, 6) is -1.29. The fourth-order valence-electron chi connectivity index (χ4n) is 0.583. The molecule has 0 radical (unpaired) electrons. The standard InChI is InChI=1S/C9H14O4/c1-7(2)5-6-13-9(12)4-3-8(10)11/h3-4,7H,5-6H2,1-2H3,(H,10,11). The van der Waals surface area contributed by atoms with Gasteiger partial charge in [0.05, 0.1) is 6.61 Å². The maximum absolute atomic E-state index is 10.8. The van der Waals surface area contributed by atoms with Gasteiger partial charge in [0.1, 0.15) is 0 Å². The Morgan fingerprint density at radius 1 is 1.38 bits per heavy atom. The highest BCUT2D eigenvalue weighted by Crippen LogP contribution is 1.98. The minimum atomic E-state index is -1.15. The van der Waals surface area contributed by atoms with Gasteiger partial charge in [0, 0.05) is 12.2 Å². The smallest absolute Gasteiger partial charge is 0.331 e. The molecule has 0 saturated carbocycles. The van der Waals surface area contributed by atoms with Gasteiger partial charge >= 0.3 is 11.9 Å². The summed E-state index contributed by atoms with van der Waals surface area (Å²) in [6.07, 6.45) is 2.45. The molecule has 0 aromatic carbocycles. The van der Waals surface area contributed by atoms with Gasteiger partial charge < -0.3 is 9.84 Å². The minimum absolute atomic E-state index is 0.334. The molecule has 0 aliphatic carbocycles. The van der Waals surface area contributed by atoms with E-state index in [0.29, 0.717) is 12.5 Å². The first-order chi connectivity index (χ1) is 6.02. The fourth-order valence-corrected chi connectivity index (χ4v) is 0.583. The zero-order valence-corrected chi connectivity index (χ0v) is 7.82. The summed E-state index contributed by atoms with van der Waals surface area (Å²) < 4.78 is 4.71. The Labute approximate surface area is 77.2 Å². The summed E-state index contributed by atoms with van der Waals surface area (Å²) in [6, 6.07) is 0. The molecule has 0 aromatic heterocycles. The molecule has 74 valence electrons. The molecule has 4 heteroatoms. The SMILES string of the molecule is CC(C)CCOC(=O)C=CC(=O)O. The molecular weight excluding hydrogens is 172 g/mol. The van der Waals surface area contributed by atoms with Gasteiger partial charge in [0.15, 0.2) is 0 Å². The number of carbonyl (C=O) groups excluding carboxylic acids is 1. The van der Waals surface area contributed by atoms with Crippen LogP contribution in [0.4, 0.5) is 0 Å². The van der Waals surface area contributed by atoms with Crippen molar-refractivity contribution in [2.24, 2.45) is 5.92 Å². The number of hydrogen-bond acceptors (Lipinski definition) is 3. The van der Waals surface area contributed by atoms with E-state index in [-0.39, 0.29) is 0 Å². The first-order valence-electron chi connectivity index (χ1n) is 4.10. The lowest BCUT2D eigenvalue weighted by Crippen LogP contribution is -2.05. The first kappa shape index (κ1) is 11.7. The minimum Gasteiger partial charge on any atom is -0.478 e. The highest BCUT2D eigenvalue weighted by molar-refractivity contribution is 5.90. The van der Waals surface area contributed by atoms with Crippen molar-refractivity contribution in [2.75, 3.05) is 6.61 Å². The van der Waals surface area contributed by atoms with E-state index < -0.39 is 11.9 Å². The average molecular weight is 186 g/mol. The molecule has 13 heavy (non-hydrogen) atoms. The first-order valence-corrected chi connectivity index (χ1v) is 4.10. The Kier molecular flexibility index (Phi) is 5.59. The van der Waals surface area contributed by atoms with E-state index in [4.69, 9.17) is 9.84 Å². The normalized spacial score (nSPS) is 10.7. The Balaban J connectivity index is 3.58. The lowest BCUT2D eigenvalue weighted by atomic mass is 10.1. The van der Waals surface area contributed by atoms with E-state index in [0.717, 1.165) is 18.6 Å². The maximum Gasteiger partial charge on any atom is 0.331 e. The molecule has 0 aromatic rings. The van der Waals surface area contributed by atoms with Gasteiger partial charge in [-0.15, -0.1) is 0 Å². The molecule has 0 saturated heterocycles. The molecular formula is C9H14O4. The van der Waals surface area contributed by atoms with Crippen molar-refractivity contribution < 1.29 is 19.4 Å². The number of carboxylic acid groups (broad SMARTS) is 1. The summed E-state index contributed by atoms with van der Waals surface area (Å²) >= 11 is 0. The predicted molar refractivity (Wildman–Crippen MR) is 47.2 cm³/mol. The highest BCUT2D eigenvalue weighted by Gasteiger charge is 1.99. The van der Waals surface area contributed by atoms with Crippen molar-refractivity contribution in [2.45, 2.75) is 20.3 Å². The number of hydrogen-bond donors (Lipinski definition) is 1. The van der Waals surface area contributed by atoms with Gasteiger partial charge in [-0.05, 0) is 12.3 Å². The van der Waals surface area contributed by atoms with Gasteiger partial charge in [-0.1, -0.05) is 13.8 Å². The van der Waals surface area contributed by atoms with Crippen molar-refractivity contribution in [3.05, 3.63) is 12.2 Å². The van der Waals surface area contributed by atoms with Gasteiger partial charge in [-0.2, -0.15) is 0 Å². The molecule has 0 aliphatic rings. The molecule has 0 unspecified atom stereocenters. The number of ether oxygens (including phenoxy) is 1.